The van der Waals surface area contributed by atoms with Gasteiger partial charge < -0.3 is 9.64 Å². The summed E-state index contributed by atoms with van der Waals surface area (Å²) in [5.41, 5.74) is 6.06. The summed E-state index contributed by atoms with van der Waals surface area (Å²) in [6, 6.07) is 30.0. The van der Waals surface area contributed by atoms with Crippen molar-refractivity contribution in [3.63, 3.8) is 0 Å². The lowest BCUT2D eigenvalue weighted by Gasteiger charge is -2.22. The van der Waals surface area contributed by atoms with Crippen LogP contribution in [0.4, 0.5) is 0 Å². The van der Waals surface area contributed by atoms with Crippen LogP contribution in [0.25, 0.3) is 5.69 Å². The molecule has 0 fully saturated rings. The third-order valence-corrected chi connectivity index (χ3v) is 5.84. The molecule has 0 aliphatic carbocycles. The number of aryl methyl sites for hydroxylation is 1. The number of rotatable bonds is 8. The maximum Gasteiger partial charge on any atom is 0.248 e. The summed E-state index contributed by atoms with van der Waals surface area (Å²) in [6.45, 7) is 4.50. The molecule has 0 N–H and O–H groups in total. The number of hydrogen-bond donors (Lipinski definition) is 0. The van der Waals surface area contributed by atoms with E-state index in [-0.39, 0.29) is 18.6 Å². The standard InChI is InChI=1S/C28H29N3O2/c1-21-26(22(2)31(29-21)25-17-11-6-12-18-25)19-30(3)27(32)20-33-28(23-13-7-4-8-14-23)24-15-9-5-10-16-24/h4-18,28H,19-20H2,1-3H3. The highest BCUT2D eigenvalue weighted by Gasteiger charge is 2.20. The van der Waals surface area contributed by atoms with Crippen LogP contribution in [-0.2, 0) is 16.1 Å². The van der Waals surface area contributed by atoms with Gasteiger partial charge in [0, 0.05) is 24.8 Å². The van der Waals surface area contributed by atoms with Crippen molar-refractivity contribution in [3.8, 4) is 5.69 Å². The molecule has 33 heavy (non-hydrogen) atoms. The van der Waals surface area contributed by atoms with Gasteiger partial charge in [-0.1, -0.05) is 78.9 Å². The van der Waals surface area contributed by atoms with Crippen molar-refractivity contribution >= 4 is 5.91 Å². The van der Waals surface area contributed by atoms with Crippen LogP contribution in [0.3, 0.4) is 0 Å². The Kier molecular flexibility index (Phi) is 7.01. The van der Waals surface area contributed by atoms with Crippen LogP contribution in [-0.4, -0.2) is 34.2 Å². The van der Waals surface area contributed by atoms with Crippen molar-refractivity contribution in [2.75, 3.05) is 13.7 Å². The number of nitrogens with zero attached hydrogens (tertiary/aromatic N) is 3. The van der Waals surface area contributed by atoms with Crippen molar-refractivity contribution in [1.82, 2.24) is 14.7 Å². The van der Waals surface area contributed by atoms with E-state index in [1.165, 1.54) is 0 Å². The molecule has 0 aliphatic heterocycles. The molecule has 4 rings (SSSR count). The third-order valence-electron chi connectivity index (χ3n) is 5.84. The monoisotopic (exact) mass is 439 g/mol. The van der Waals surface area contributed by atoms with E-state index in [0.717, 1.165) is 33.8 Å². The summed E-state index contributed by atoms with van der Waals surface area (Å²) in [4.78, 5) is 14.7. The lowest BCUT2D eigenvalue weighted by Crippen LogP contribution is -2.31. The van der Waals surface area contributed by atoms with Gasteiger partial charge in [0.15, 0.2) is 0 Å². The zero-order chi connectivity index (χ0) is 23.2. The zero-order valence-corrected chi connectivity index (χ0v) is 19.3. The van der Waals surface area contributed by atoms with Crippen LogP contribution in [0.5, 0.6) is 0 Å². The number of carbonyl (C=O) groups is 1. The number of aromatic nitrogens is 2. The molecule has 5 nitrogen and oxygen atoms in total. The summed E-state index contributed by atoms with van der Waals surface area (Å²) in [7, 11) is 1.81. The van der Waals surface area contributed by atoms with Crippen molar-refractivity contribution in [3.05, 3.63) is 119 Å². The predicted octanol–water partition coefficient (Wildman–Crippen LogP) is 5.25. The van der Waals surface area contributed by atoms with E-state index in [9.17, 15) is 4.79 Å². The SMILES string of the molecule is Cc1nn(-c2ccccc2)c(C)c1CN(C)C(=O)COC(c1ccccc1)c1ccccc1. The molecule has 0 atom stereocenters. The number of hydrogen-bond acceptors (Lipinski definition) is 3. The smallest absolute Gasteiger partial charge is 0.248 e. The van der Waals surface area contributed by atoms with E-state index < -0.39 is 0 Å². The number of benzene rings is 3. The topological polar surface area (TPSA) is 47.4 Å². The summed E-state index contributed by atoms with van der Waals surface area (Å²) in [5.74, 6) is -0.0712. The number of likely N-dealkylation sites (N-methyl/N-ethyl adjacent to an activating group) is 1. The molecule has 0 saturated carbocycles. The number of carbonyl (C=O) groups excluding carboxylic acids is 1. The largest absolute Gasteiger partial charge is 0.359 e. The Morgan fingerprint density at radius 3 is 1.94 bits per heavy atom. The molecular formula is C28H29N3O2. The molecule has 3 aromatic carbocycles. The van der Waals surface area contributed by atoms with E-state index in [4.69, 9.17) is 9.84 Å². The molecule has 1 aromatic heterocycles. The average molecular weight is 440 g/mol. The van der Waals surface area contributed by atoms with Crippen LogP contribution in [0.15, 0.2) is 91.0 Å². The van der Waals surface area contributed by atoms with Gasteiger partial charge in [-0.3, -0.25) is 4.79 Å². The first-order valence-electron chi connectivity index (χ1n) is 11.1. The highest BCUT2D eigenvalue weighted by molar-refractivity contribution is 5.77. The zero-order valence-electron chi connectivity index (χ0n) is 19.3. The molecule has 168 valence electrons. The van der Waals surface area contributed by atoms with Gasteiger partial charge in [-0.2, -0.15) is 5.10 Å². The second-order valence-electron chi connectivity index (χ2n) is 8.16. The summed E-state index contributed by atoms with van der Waals surface area (Å²) < 4.78 is 8.09. The molecule has 1 amide bonds. The van der Waals surface area contributed by atoms with Crippen LogP contribution >= 0.6 is 0 Å². The van der Waals surface area contributed by atoms with Crippen molar-refractivity contribution in [1.29, 1.82) is 0 Å². The maximum atomic E-state index is 13.0. The fourth-order valence-corrected chi connectivity index (χ4v) is 3.96. The first kappa shape index (κ1) is 22.5. The van der Waals surface area contributed by atoms with Gasteiger partial charge in [0.25, 0.3) is 0 Å². The van der Waals surface area contributed by atoms with Gasteiger partial charge in [-0.05, 0) is 37.1 Å². The Balaban J connectivity index is 1.46. The van der Waals surface area contributed by atoms with Crippen LogP contribution in [0.2, 0.25) is 0 Å². The van der Waals surface area contributed by atoms with Gasteiger partial charge in [0.05, 0.1) is 11.4 Å². The predicted molar refractivity (Wildman–Crippen MR) is 130 cm³/mol. The highest BCUT2D eigenvalue weighted by Crippen LogP contribution is 2.26. The Morgan fingerprint density at radius 1 is 0.879 bits per heavy atom. The first-order valence-corrected chi connectivity index (χ1v) is 11.1. The molecule has 0 radical (unpaired) electrons. The molecule has 4 aromatic rings. The van der Waals surface area contributed by atoms with Crippen LogP contribution < -0.4 is 0 Å². The quantitative estimate of drug-likeness (QED) is 0.377. The van der Waals surface area contributed by atoms with Gasteiger partial charge in [-0.15, -0.1) is 0 Å². The third kappa shape index (κ3) is 5.21. The van der Waals surface area contributed by atoms with Gasteiger partial charge in [0.1, 0.15) is 12.7 Å². The van der Waals surface area contributed by atoms with Gasteiger partial charge in [0.2, 0.25) is 5.91 Å². The Hall–Kier alpha value is -3.70. The first-order chi connectivity index (χ1) is 16.0. The van der Waals surface area contributed by atoms with Crippen molar-refractivity contribution in [2.45, 2.75) is 26.5 Å². The Labute approximate surface area is 195 Å². The second kappa shape index (κ2) is 10.3. The Bertz CT molecular complexity index is 1150. The summed E-state index contributed by atoms with van der Waals surface area (Å²) >= 11 is 0. The molecule has 5 heteroatoms. The average Bonchev–Trinajstić information content (AvgIpc) is 3.14. The van der Waals surface area contributed by atoms with Crippen LogP contribution in [0.1, 0.15) is 34.2 Å². The maximum absolute atomic E-state index is 13.0. The van der Waals surface area contributed by atoms with E-state index in [0.29, 0.717) is 6.54 Å². The second-order valence-corrected chi connectivity index (χ2v) is 8.16. The lowest BCUT2D eigenvalue weighted by atomic mass is 10.0. The normalized spacial score (nSPS) is 11.0. The van der Waals surface area contributed by atoms with E-state index >= 15 is 0 Å². The van der Waals surface area contributed by atoms with E-state index in [1.807, 2.05) is 117 Å². The summed E-state index contributed by atoms with van der Waals surface area (Å²) in [6.07, 6.45) is -0.297. The van der Waals surface area contributed by atoms with Gasteiger partial charge in [-0.25, -0.2) is 4.68 Å². The molecule has 0 unspecified atom stereocenters. The number of amides is 1. The fraction of sp³-hybridized carbons (Fsp3) is 0.214. The molecule has 0 saturated heterocycles. The van der Waals surface area contributed by atoms with E-state index in [1.54, 1.807) is 4.90 Å². The summed E-state index contributed by atoms with van der Waals surface area (Å²) in [5, 5.41) is 4.69. The molecule has 1 heterocycles. The minimum absolute atomic E-state index is 0.00409. The Morgan fingerprint density at radius 2 is 1.39 bits per heavy atom. The molecular weight excluding hydrogens is 410 g/mol. The minimum Gasteiger partial charge on any atom is -0.359 e. The van der Waals surface area contributed by atoms with Crippen molar-refractivity contribution in [2.24, 2.45) is 0 Å². The minimum atomic E-state index is -0.297. The van der Waals surface area contributed by atoms with Crippen LogP contribution in [0, 0.1) is 13.8 Å². The number of ether oxygens (including phenoxy) is 1. The molecule has 0 aliphatic rings. The highest BCUT2D eigenvalue weighted by atomic mass is 16.5. The van der Waals surface area contributed by atoms with E-state index in [2.05, 4.69) is 0 Å². The number of para-hydroxylation sites is 1. The molecule has 0 spiro atoms. The lowest BCUT2D eigenvalue weighted by molar-refractivity contribution is -0.136. The molecule has 0 bridgehead atoms. The van der Waals surface area contributed by atoms with Gasteiger partial charge >= 0.3 is 0 Å². The fourth-order valence-electron chi connectivity index (χ4n) is 3.96. The van der Waals surface area contributed by atoms with Crippen molar-refractivity contribution < 1.29 is 9.53 Å².